The van der Waals surface area contributed by atoms with Crippen LogP contribution in [0.1, 0.15) is 24.5 Å². The summed E-state index contributed by atoms with van der Waals surface area (Å²) in [5.41, 5.74) is -0.210. The van der Waals surface area contributed by atoms with Crippen LogP contribution in [0.15, 0.2) is 22.7 Å². The van der Waals surface area contributed by atoms with E-state index in [9.17, 15) is 18.0 Å². The van der Waals surface area contributed by atoms with Crippen molar-refractivity contribution in [3.8, 4) is 11.8 Å². The SMILES string of the molecule is CC(=O)SCCC#Cc1ccc(C(F)(F)F)cc1Br. The molecule has 0 aliphatic heterocycles. The summed E-state index contributed by atoms with van der Waals surface area (Å²) >= 11 is 4.24. The number of carbonyl (C=O) groups is 1. The van der Waals surface area contributed by atoms with Gasteiger partial charge in [-0.05, 0) is 34.1 Å². The Kier molecular flexibility index (Phi) is 5.95. The molecule has 0 amide bonds. The third kappa shape index (κ3) is 5.70. The van der Waals surface area contributed by atoms with Gasteiger partial charge in [-0.25, -0.2) is 0 Å². The van der Waals surface area contributed by atoms with Crippen LogP contribution in [-0.4, -0.2) is 10.9 Å². The van der Waals surface area contributed by atoms with Gasteiger partial charge in [-0.3, -0.25) is 4.79 Å². The maximum atomic E-state index is 12.4. The van der Waals surface area contributed by atoms with Gasteiger partial charge in [0.1, 0.15) is 0 Å². The van der Waals surface area contributed by atoms with E-state index in [-0.39, 0.29) is 5.12 Å². The van der Waals surface area contributed by atoms with Crippen LogP contribution < -0.4 is 0 Å². The van der Waals surface area contributed by atoms with E-state index >= 15 is 0 Å². The highest BCUT2D eigenvalue weighted by molar-refractivity contribution is 9.10. The molecule has 1 rings (SSSR count). The summed E-state index contributed by atoms with van der Waals surface area (Å²) in [6.07, 6.45) is -3.84. The summed E-state index contributed by atoms with van der Waals surface area (Å²) in [4.78, 5) is 10.7. The first-order valence-electron chi connectivity index (χ1n) is 5.29. The Hall–Kier alpha value is -0.930. The van der Waals surface area contributed by atoms with Crippen LogP contribution in [0.2, 0.25) is 0 Å². The zero-order valence-electron chi connectivity index (χ0n) is 9.97. The number of alkyl halides is 3. The minimum absolute atomic E-state index is 0.0255. The second-order valence-corrected chi connectivity index (χ2v) is 5.71. The van der Waals surface area contributed by atoms with Gasteiger partial charge in [-0.2, -0.15) is 13.2 Å². The van der Waals surface area contributed by atoms with Crippen molar-refractivity contribution in [2.75, 3.05) is 5.75 Å². The third-order valence-electron chi connectivity index (χ3n) is 2.05. The molecule has 6 heteroatoms. The first kappa shape index (κ1) is 16.1. The van der Waals surface area contributed by atoms with Crippen molar-refractivity contribution in [2.24, 2.45) is 0 Å². The predicted molar refractivity (Wildman–Crippen MR) is 73.8 cm³/mol. The standard InChI is InChI=1S/C13H10BrF3OS/c1-9(18)19-7-3-2-4-10-5-6-11(8-12(10)14)13(15,16)17/h5-6,8H,3,7H2,1H3. The van der Waals surface area contributed by atoms with Crippen LogP contribution >= 0.6 is 27.7 Å². The lowest BCUT2D eigenvalue weighted by Gasteiger charge is -2.07. The molecule has 1 aromatic rings. The molecule has 0 aliphatic carbocycles. The Morgan fingerprint density at radius 1 is 1.42 bits per heavy atom. The summed E-state index contributed by atoms with van der Waals surface area (Å²) in [5.74, 6) is 6.18. The quantitative estimate of drug-likeness (QED) is 0.577. The van der Waals surface area contributed by atoms with Crippen molar-refractivity contribution in [2.45, 2.75) is 19.5 Å². The molecule has 102 valence electrons. The van der Waals surface area contributed by atoms with Gasteiger partial charge in [0, 0.05) is 29.1 Å². The van der Waals surface area contributed by atoms with E-state index in [2.05, 4.69) is 27.8 Å². The molecule has 0 fully saturated rings. The smallest absolute Gasteiger partial charge is 0.288 e. The molecule has 0 N–H and O–H groups in total. The summed E-state index contributed by atoms with van der Waals surface area (Å²) in [7, 11) is 0. The summed E-state index contributed by atoms with van der Waals surface area (Å²) < 4.78 is 37.6. The molecule has 19 heavy (non-hydrogen) atoms. The zero-order valence-corrected chi connectivity index (χ0v) is 12.4. The van der Waals surface area contributed by atoms with Crippen LogP contribution in [0, 0.1) is 11.8 Å². The highest BCUT2D eigenvalue weighted by Gasteiger charge is 2.30. The molecule has 0 radical (unpaired) electrons. The minimum Gasteiger partial charge on any atom is -0.288 e. The molecule has 0 aromatic heterocycles. The normalized spacial score (nSPS) is 10.8. The molecule has 0 unspecified atom stereocenters. The van der Waals surface area contributed by atoms with Gasteiger partial charge in [0.05, 0.1) is 5.56 Å². The lowest BCUT2D eigenvalue weighted by Crippen LogP contribution is -2.04. The summed E-state index contributed by atoms with van der Waals surface area (Å²) in [5, 5.41) is 0.0255. The first-order chi connectivity index (χ1) is 8.80. The summed E-state index contributed by atoms with van der Waals surface area (Å²) in [6.45, 7) is 1.48. The van der Waals surface area contributed by atoms with Gasteiger partial charge in [-0.1, -0.05) is 23.6 Å². The fourth-order valence-corrected chi connectivity index (χ4v) is 2.17. The monoisotopic (exact) mass is 350 g/mol. The predicted octanol–water partition coefficient (Wildman–Crippen LogP) is 4.49. The van der Waals surface area contributed by atoms with Crippen molar-refractivity contribution < 1.29 is 18.0 Å². The van der Waals surface area contributed by atoms with Crippen LogP contribution in [-0.2, 0) is 11.0 Å². The van der Waals surface area contributed by atoms with E-state index < -0.39 is 11.7 Å². The van der Waals surface area contributed by atoms with Crippen molar-refractivity contribution in [1.82, 2.24) is 0 Å². The number of halogens is 4. The number of benzene rings is 1. The van der Waals surface area contributed by atoms with Crippen molar-refractivity contribution in [1.29, 1.82) is 0 Å². The lowest BCUT2D eigenvalue weighted by molar-refractivity contribution is -0.137. The maximum Gasteiger partial charge on any atom is 0.416 e. The van der Waals surface area contributed by atoms with Crippen LogP contribution in [0.4, 0.5) is 13.2 Å². The molecule has 0 atom stereocenters. The van der Waals surface area contributed by atoms with Gasteiger partial charge in [0.2, 0.25) is 0 Å². The van der Waals surface area contributed by atoms with E-state index in [0.29, 0.717) is 22.2 Å². The average molecular weight is 351 g/mol. The Bertz CT molecular complexity index is 529. The minimum atomic E-state index is -4.35. The zero-order chi connectivity index (χ0) is 14.5. The van der Waals surface area contributed by atoms with Gasteiger partial charge in [0.25, 0.3) is 0 Å². The maximum absolute atomic E-state index is 12.4. The molecule has 0 aliphatic rings. The highest BCUT2D eigenvalue weighted by atomic mass is 79.9. The average Bonchev–Trinajstić information content (AvgIpc) is 2.28. The van der Waals surface area contributed by atoms with Crippen LogP contribution in [0.25, 0.3) is 0 Å². The van der Waals surface area contributed by atoms with Crippen molar-refractivity contribution in [3.63, 3.8) is 0 Å². The number of thioether (sulfide) groups is 1. The Balaban J connectivity index is 2.71. The van der Waals surface area contributed by atoms with E-state index in [4.69, 9.17) is 0 Å². The molecule has 0 spiro atoms. The Labute approximate surface area is 122 Å². The van der Waals surface area contributed by atoms with E-state index in [0.717, 1.165) is 12.1 Å². The Morgan fingerprint density at radius 2 is 2.11 bits per heavy atom. The van der Waals surface area contributed by atoms with E-state index in [1.165, 1.54) is 24.8 Å². The topological polar surface area (TPSA) is 17.1 Å². The van der Waals surface area contributed by atoms with Crippen LogP contribution in [0.3, 0.4) is 0 Å². The fourth-order valence-electron chi connectivity index (χ4n) is 1.20. The largest absolute Gasteiger partial charge is 0.416 e. The van der Waals surface area contributed by atoms with E-state index in [1.54, 1.807) is 0 Å². The van der Waals surface area contributed by atoms with Gasteiger partial charge >= 0.3 is 6.18 Å². The number of rotatable bonds is 2. The molecule has 1 nitrogen and oxygen atoms in total. The van der Waals surface area contributed by atoms with Crippen molar-refractivity contribution in [3.05, 3.63) is 33.8 Å². The lowest BCUT2D eigenvalue weighted by atomic mass is 10.1. The van der Waals surface area contributed by atoms with Crippen LogP contribution in [0.5, 0.6) is 0 Å². The molecule has 0 saturated heterocycles. The molecule has 0 saturated carbocycles. The molecule has 1 aromatic carbocycles. The number of hydrogen-bond donors (Lipinski definition) is 0. The van der Waals surface area contributed by atoms with Gasteiger partial charge < -0.3 is 0 Å². The third-order valence-corrected chi connectivity index (χ3v) is 3.52. The molecular formula is C13H10BrF3OS. The van der Waals surface area contributed by atoms with Gasteiger partial charge in [0.15, 0.2) is 5.12 Å². The fraction of sp³-hybridized carbons (Fsp3) is 0.308. The second kappa shape index (κ2) is 7.01. The highest BCUT2D eigenvalue weighted by Crippen LogP contribution is 2.31. The second-order valence-electron chi connectivity index (χ2n) is 3.58. The number of hydrogen-bond acceptors (Lipinski definition) is 2. The number of carbonyl (C=O) groups excluding carboxylic acids is 1. The molecule has 0 heterocycles. The molecular weight excluding hydrogens is 341 g/mol. The Morgan fingerprint density at radius 3 is 2.63 bits per heavy atom. The summed E-state index contributed by atoms with van der Waals surface area (Å²) in [6, 6.07) is 3.34. The first-order valence-corrected chi connectivity index (χ1v) is 7.07. The van der Waals surface area contributed by atoms with Gasteiger partial charge in [-0.15, -0.1) is 0 Å². The van der Waals surface area contributed by atoms with Crippen molar-refractivity contribution >= 4 is 32.8 Å². The van der Waals surface area contributed by atoms with E-state index in [1.807, 2.05) is 0 Å². The molecule has 0 bridgehead atoms.